The summed E-state index contributed by atoms with van der Waals surface area (Å²) in [6.45, 7) is 4.08. The van der Waals surface area contributed by atoms with E-state index in [1.54, 1.807) is 12.3 Å². The summed E-state index contributed by atoms with van der Waals surface area (Å²) >= 11 is 4.94. The van der Waals surface area contributed by atoms with E-state index < -0.39 is 0 Å². The lowest BCUT2D eigenvalue weighted by atomic mass is 10.1. The van der Waals surface area contributed by atoms with Crippen LogP contribution < -0.4 is 16.0 Å². The number of thiocarbonyl (C=S) groups is 1. The Hall–Kier alpha value is -1.73. The molecule has 1 aliphatic rings. The lowest BCUT2D eigenvalue weighted by Gasteiger charge is -2.36. The number of aromatic nitrogens is 1. The largest absolute Gasteiger partial charge is 0.388 e. The van der Waals surface area contributed by atoms with E-state index in [9.17, 15) is 4.79 Å². The molecule has 7 heteroatoms. The summed E-state index contributed by atoms with van der Waals surface area (Å²) in [4.78, 5) is 18.5. The molecule has 0 saturated carbocycles. The highest BCUT2D eigenvalue weighted by Crippen LogP contribution is 2.20. The van der Waals surface area contributed by atoms with Crippen LogP contribution in [0.1, 0.15) is 12.6 Å². The number of ether oxygens (including phenoxy) is 1. The molecule has 1 aromatic rings. The fourth-order valence-electron chi connectivity index (χ4n) is 2.15. The number of nitrogens with one attached hydrogen (secondary N) is 1. The lowest BCUT2D eigenvalue weighted by Crippen LogP contribution is -2.54. The number of nitrogens with zero attached hydrogens (tertiary/aromatic N) is 2. The van der Waals surface area contributed by atoms with E-state index in [4.69, 9.17) is 22.7 Å². The topological polar surface area (TPSA) is 80.5 Å². The molecule has 1 saturated heterocycles. The Morgan fingerprint density at radius 2 is 2.50 bits per heavy atom. The molecule has 0 bridgehead atoms. The third kappa shape index (κ3) is 3.23. The minimum absolute atomic E-state index is 0.0408. The Kier molecular flexibility index (Phi) is 4.86. The van der Waals surface area contributed by atoms with Gasteiger partial charge in [-0.25, -0.2) is 0 Å². The van der Waals surface area contributed by atoms with Crippen molar-refractivity contribution in [2.75, 3.05) is 31.2 Å². The van der Waals surface area contributed by atoms with Crippen molar-refractivity contribution in [1.29, 1.82) is 0 Å². The van der Waals surface area contributed by atoms with Gasteiger partial charge in [0.05, 0.1) is 18.9 Å². The first kappa shape index (κ1) is 14.7. The Morgan fingerprint density at radius 1 is 1.70 bits per heavy atom. The number of morpholine rings is 1. The molecule has 20 heavy (non-hydrogen) atoms. The summed E-state index contributed by atoms with van der Waals surface area (Å²) in [5.74, 6) is -0.0408. The van der Waals surface area contributed by atoms with Gasteiger partial charge < -0.3 is 20.7 Å². The number of hydrogen-bond donors (Lipinski definition) is 2. The van der Waals surface area contributed by atoms with Gasteiger partial charge >= 0.3 is 0 Å². The SMILES string of the molecule is CCNC(=O)C1COCCN1c1ccnc(C(N)=S)c1. The van der Waals surface area contributed by atoms with Crippen molar-refractivity contribution in [3.63, 3.8) is 0 Å². The first-order valence-corrected chi connectivity index (χ1v) is 6.92. The van der Waals surface area contributed by atoms with E-state index >= 15 is 0 Å². The van der Waals surface area contributed by atoms with Crippen molar-refractivity contribution in [2.24, 2.45) is 5.73 Å². The third-order valence-electron chi connectivity index (χ3n) is 3.11. The minimum Gasteiger partial charge on any atom is -0.388 e. The van der Waals surface area contributed by atoms with Gasteiger partial charge in [-0.1, -0.05) is 12.2 Å². The van der Waals surface area contributed by atoms with E-state index in [1.807, 2.05) is 17.9 Å². The first-order chi connectivity index (χ1) is 9.63. The highest BCUT2D eigenvalue weighted by Gasteiger charge is 2.29. The number of hydrogen-bond acceptors (Lipinski definition) is 5. The van der Waals surface area contributed by atoms with Gasteiger partial charge in [-0.15, -0.1) is 0 Å². The van der Waals surface area contributed by atoms with Crippen LogP contribution in [0.25, 0.3) is 0 Å². The predicted molar refractivity (Wildman–Crippen MR) is 80.8 cm³/mol. The van der Waals surface area contributed by atoms with Gasteiger partial charge in [0, 0.05) is 25.0 Å². The summed E-state index contributed by atoms with van der Waals surface area (Å²) in [6, 6.07) is 3.31. The Bertz CT molecular complexity index is 509. The van der Waals surface area contributed by atoms with Crippen molar-refractivity contribution >= 4 is 28.8 Å². The second-order valence-electron chi connectivity index (χ2n) is 4.44. The number of likely N-dealkylation sites (N-methyl/N-ethyl adjacent to an activating group) is 1. The van der Waals surface area contributed by atoms with Crippen LogP contribution in [0.4, 0.5) is 5.69 Å². The van der Waals surface area contributed by atoms with Crippen molar-refractivity contribution in [1.82, 2.24) is 10.3 Å². The Balaban J connectivity index is 2.25. The van der Waals surface area contributed by atoms with Crippen LogP contribution in [0, 0.1) is 0 Å². The number of nitrogens with two attached hydrogens (primary N) is 1. The second-order valence-corrected chi connectivity index (χ2v) is 4.88. The van der Waals surface area contributed by atoms with E-state index in [0.717, 1.165) is 5.69 Å². The standard InChI is InChI=1S/C13H18N4O2S/c1-2-15-13(18)11-8-19-6-5-17(11)9-3-4-16-10(7-9)12(14)20/h3-4,7,11H,2,5-6,8H2,1H3,(H2,14,20)(H,15,18). The quantitative estimate of drug-likeness (QED) is 0.764. The average Bonchev–Trinajstić information content (AvgIpc) is 2.47. The molecule has 2 rings (SSSR count). The number of amides is 1. The van der Waals surface area contributed by atoms with Crippen LogP contribution in [-0.2, 0) is 9.53 Å². The van der Waals surface area contributed by atoms with E-state index in [2.05, 4.69) is 10.3 Å². The molecule has 0 aliphatic carbocycles. The van der Waals surface area contributed by atoms with E-state index in [-0.39, 0.29) is 16.9 Å². The number of pyridine rings is 1. The molecule has 1 aromatic heterocycles. The fourth-order valence-corrected chi connectivity index (χ4v) is 2.27. The maximum absolute atomic E-state index is 12.1. The number of carbonyl (C=O) groups excluding carboxylic acids is 1. The van der Waals surface area contributed by atoms with Gasteiger partial charge in [0.1, 0.15) is 11.0 Å². The molecule has 1 amide bonds. The normalized spacial score (nSPS) is 18.6. The van der Waals surface area contributed by atoms with Gasteiger partial charge in [-0.2, -0.15) is 0 Å². The smallest absolute Gasteiger partial charge is 0.245 e. The Labute approximate surface area is 123 Å². The zero-order valence-electron chi connectivity index (χ0n) is 11.3. The van der Waals surface area contributed by atoms with E-state index in [0.29, 0.717) is 32.0 Å². The monoisotopic (exact) mass is 294 g/mol. The molecular formula is C13H18N4O2S. The Morgan fingerprint density at radius 3 is 3.20 bits per heavy atom. The van der Waals surface area contributed by atoms with E-state index in [1.165, 1.54) is 0 Å². The number of carbonyl (C=O) groups is 1. The van der Waals surface area contributed by atoms with Crippen molar-refractivity contribution in [2.45, 2.75) is 13.0 Å². The number of rotatable bonds is 4. The fraction of sp³-hybridized carbons (Fsp3) is 0.462. The van der Waals surface area contributed by atoms with Crippen molar-refractivity contribution in [3.8, 4) is 0 Å². The van der Waals surface area contributed by atoms with Crippen LogP contribution in [0.5, 0.6) is 0 Å². The van der Waals surface area contributed by atoms with Crippen LogP contribution in [0.2, 0.25) is 0 Å². The summed E-state index contributed by atoms with van der Waals surface area (Å²) in [7, 11) is 0. The summed E-state index contributed by atoms with van der Waals surface area (Å²) in [5.41, 5.74) is 7.03. The summed E-state index contributed by atoms with van der Waals surface area (Å²) in [6.07, 6.45) is 1.65. The van der Waals surface area contributed by atoms with Gasteiger partial charge in [-0.3, -0.25) is 9.78 Å². The second kappa shape index (κ2) is 6.62. The molecule has 0 radical (unpaired) electrons. The van der Waals surface area contributed by atoms with Gasteiger partial charge in [0.2, 0.25) is 5.91 Å². The molecule has 108 valence electrons. The number of anilines is 1. The predicted octanol–water partition coefficient (Wildman–Crippen LogP) is 0.0571. The molecule has 1 atom stereocenters. The molecule has 1 aliphatic heterocycles. The first-order valence-electron chi connectivity index (χ1n) is 6.51. The van der Waals surface area contributed by atoms with Gasteiger partial charge in [0.25, 0.3) is 0 Å². The minimum atomic E-state index is -0.342. The third-order valence-corrected chi connectivity index (χ3v) is 3.32. The lowest BCUT2D eigenvalue weighted by molar-refractivity contribution is -0.124. The maximum atomic E-state index is 12.1. The average molecular weight is 294 g/mol. The molecule has 3 N–H and O–H groups in total. The zero-order chi connectivity index (χ0) is 14.5. The van der Waals surface area contributed by atoms with Crippen LogP contribution in [0.3, 0.4) is 0 Å². The highest BCUT2D eigenvalue weighted by atomic mass is 32.1. The van der Waals surface area contributed by atoms with Crippen LogP contribution in [-0.4, -0.2) is 48.2 Å². The molecule has 1 unspecified atom stereocenters. The van der Waals surface area contributed by atoms with Gasteiger partial charge in [-0.05, 0) is 19.1 Å². The maximum Gasteiger partial charge on any atom is 0.245 e. The molecule has 1 fully saturated rings. The molecule has 2 heterocycles. The van der Waals surface area contributed by atoms with Crippen molar-refractivity contribution in [3.05, 3.63) is 24.0 Å². The molecule has 6 nitrogen and oxygen atoms in total. The zero-order valence-corrected chi connectivity index (χ0v) is 12.2. The molecular weight excluding hydrogens is 276 g/mol. The van der Waals surface area contributed by atoms with Crippen LogP contribution in [0.15, 0.2) is 18.3 Å². The molecule has 0 aromatic carbocycles. The molecule has 0 spiro atoms. The van der Waals surface area contributed by atoms with Gasteiger partial charge in [0.15, 0.2) is 0 Å². The highest BCUT2D eigenvalue weighted by molar-refractivity contribution is 7.80. The van der Waals surface area contributed by atoms with Crippen molar-refractivity contribution < 1.29 is 9.53 Å². The summed E-state index contributed by atoms with van der Waals surface area (Å²) < 4.78 is 5.41. The summed E-state index contributed by atoms with van der Waals surface area (Å²) in [5, 5.41) is 2.83. The van der Waals surface area contributed by atoms with Crippen LogP contribution >= 0.6 is 12.2 Å².